The molecule has 0 aromatic rings. The maximum Gasteiger partial charge on any atom is 0.0527 e. The molecular formula is C5H9N. The molecule has 1 aliphatic rings. The molecule has 0 aromatic carbocycles. The fourth-order valence-electron chi connectivity index (χ4n) is 0.414. The van der Waals surface area contributed by atoms with E-state index in [0.717, 1.165) is 0 Å². The van der Waals surface area contributed by atoms with Crippen LogP contribution in [-0.4, -0.2) is 5.54 Å². The van der Waals surface area contributed by atoms with Crippen LogP contribution in [0.2, 0.25) is 0 Å². The SMILES string of the molecule is CC1=C[C@]1(C)N. The topological polar surface area (TPSA) is 26.0 Å². The summed E-state index contributed by atoms with van der Waals surface area (Å²) in [5.41, 5.74) is 6.82. The van der Waals surface area contributed by atoms with E-state index in [4.69, 9.17) is 5.73 Å². The van der Waals surface area contributed by atoms with Gasteiger partial charge < -0.3 is 5.73 Å². The summed E-state index contributed by atoms with van der Waals surface area (Å²) in [6.07, 6.45) is 2.05. The monoisotopic (exact) mass is 83.1 g/mol. The molecule has 2 N–H and O–H groups in total. The fraction of sp³-hybridized carbons (Fsp3) is 0.600. The van der Waals surface area contributed by atoms with Gasteiger partial charge in [0, 0.05) is 0 Å². The van der Waals surface area contributed by atoms with E-state index in [1.165, 1.54) is 5.57 Å². The quantitative estimate of drug-likeness (QED) is 0.428. The first-order valence-electron chi connectivity index (χ1n) is 2.12. The van der Waals surface area contributed by atoms with Gasteiger partial charge in [-0.05, 0) is 13.8 Å². The molecule has 0 radical (unpaired) electrons. The second-order valence-electron chi connectivity index (χ2n) is 2.11. The zero-order valence-electron chi connectivity index (χ0n) is 4.15. The summed E-state index contributed by atoms with van der Waals surface area (Å²) in [6, 6.07) is 0. The van der Waals surface area contributed by atoms with Gasteiger partial charge in [-0.25, -0.2) is 0 Å². The Labute approximate surface area is 37.8 Å². The Hall–Kier alpha value is -0.300. The highest BCUT2D eigenvalue weighted by Gasteiger charge is 2.29. The minimum Gasteiger partial charge on any atom is -0.319 e. The van der Waals surface area contributed by atoms with Crippen LogP contribution in [-0.2, 0) is 0 Å². The zero-order valence-corrected chi connectivity index (χ0v) is 4.15. The first-order chi connectivity index (χ1) is 2.63. The lowest BCUT2D eigenvalue weighted by Gasteiger charge is -1.96. The standard InChI is InChI=1S/C5H9N/c1-4-3-5(4,2)6/h3H,6H2,1-2H3/t5-/m0/s1. The van der Waals surface area contributed by atoms with Gasteiger partial charge in [-0.15, -0.1) is 0 Å². The van der Waals surface area contributed by atoms with Crippen LogP contribution in [0.3, 0.4) is 0 Å². The molecule has 6 heavy (non-hydrogen) atoms. The van der Waals surface area contributed by atoms with Crippen molar-refractivity contribution < 1.29 is 0 Å². The molecule has 0 amide bonds. The van der Waals surface area contributed by atoms with Crippen LogP contribution in [0, 0.1) is 0 Å². The summed E-state index contributed by atoms with van der Waals surface area (Å²) in [4.78, 5) is 0. The van der Waals surface area contributed by atoms with Gasteiger partial charge in [0.1, 0.15) is 0 Å². The van der Waals surface area contributed by atoms with Crippen LogP contribution >= 0.6 is 0 Å². The molecule has 0 unspecified atom stereocenters. The second-order valence-corrected chi connectivity index (χ2v) is 2.11. The molecule has 0 bridgehead atoms. The molecule has 1 rings (SSSR count). The van der Waals surface area contributed by atoms with Gasteiger partial charge in [0.15, 0.2) is 0 Å². The highest BCUT2D eigenvalue weighted by molar-refractivity contribution is 5.40. The summed E-state index contributed by atoms with van der Waals surface area (Å²) >= 11 is 0. The number of nitrogens with two attached hydrogens (primary N) is 1. The highest BCUT2D eigenvalue weighted by Crippen LogP contribution is 2.28. The average molecular weight is 83.1 g/mol. The van der Waals surface area contributed by atoms with Gasteiger partial charge in [-0.2, -0.15) is 0 Å². The van der Waals surface area contributed by atoms with E-state index >= 15 is 0 Å². The average Bonchev–Trinajstić information content (AvgIpc) is 1.73. The van der Waals surface area contributed by atoms with Crippen molar-refractivity contribution in [3.05, 3.63) is 11.6 Å². The molecule has 0 aromatic heterocycles. The van der Waals surface area contributed by atoms with Crippen LogP contribution in [0.25, 0.3) is 0 Å². The minimum atomic E-state index is 0. The van der Waals surface area contributed by atoms with E-state index in [1.807, 2.05) is 19.9 Å². The molecule has 1 heteroatoms. The second kappa shape index (κ2) is 0.684. The molecule has 0 aliphatic heterocycles. The number of hydrogen-bond donors (Lipinski definition) is 1. The van der Waals surface area contributed by atoms with Gasteiger partial charge in [0.25, 0.3) is 0 Å². The molecule has 0 fully saturated rings. The lowest BCUT2D eigenvalue weighted by atomic mass is 10.2. The fourth-order valence-corrected chi connectivity index (χ4v) is 0.414. The predicted molar refractivity (Wildman–Crippen MR) is 26.3 cm³/mol. The van der Waals surface area contributed by atoms with E-state index in [1.54, 1.807) is 0 Å². The van der Waals surface area contributed by atoms with Gasteiger partial charge >= 0.3 is 0 Å². The maximum absolute atomic E-state index is 5.52. The van der Waals surface area contributed by atoms with E-state index in [2.05, 4.69) is 0 Å². The largest absolute Gasteiger partial charge is 0.319 e. The third kappa shape index (κ3) is 0.356. The summed E-state index contributed by atoms with van der Waals surface area (Å²) in [5.74, 6) is 0. The Morgan fingerprint density at radius 2 is 2.00 bits per heavy atom. The third-order valence-corrected chi connectivity index (χ3v) is 1.28. The summed E-state index contributed by atoms with van der Waals surface area (Å²) in [5, 5.41) is 0. The van der Waals surface area contributed by atoms with Gasteiger partial charge in [0.2, 0.25) is 0 Å². The van der Waals surface area contributed by atoms with Gasteiger partial charge in [0.05, 0.1) is 5.54 Å². The van der Waals surface area contributed by atoms with Crippen molar-refractivity contribution in [3.63, 3.8) is 0 Å². The lowest BCUT2D eigenvalue weighted by molar-refractivity contribution is 0.806. The number of rotatable bonds is 0. The van der Waals surface area contributed by atoms with Gasteiger partial charge in [-0.3, -0.25) is 0 Å². The van der Waals surface area contributed by atoms with E-state index in [-0.39, 0.29) is 5.54 Å². The lowest BCUT2D eigenvalue weighted by Crippen LogP contribution is -2.19. The number of hydrogen-bond acceptors (Lipinski definition) is 1. The van der Waals surface area contributed by atoms with E-state index in [0.29, 0.717) is 0 Å². The Morgan fingerprint density at radius 3 is 2.00 bits per heavy atom. The first-order valence-corrected chi connectivity index (χ1v) is 2.12. The molecule has 0 spiro atoms. The highest BCUT2D eigenvalue weighted by atomic mass is 14.8. The Morgan fingerprint density at radius 1 is 1.83 bits per heavy atom. The summed E-state index contributed by atoms with van der Waals surface area (Å²) < 4.78 is 0. The third-order valence-electron chi connectivity index (χ3n) is 1.28. The van der Waals surface area contributed by atoms with Crippen molar-refractivity contribution >= 4 is 0 Å². The van der Waals surface area contributed by atoms with Crippen molar-refractivity contribution in [1.29, 1.82) is 0 Å². The Bertz CT molecular complexity index is 101. The zero-order chi connectivity index (χ0) is 4.78. The molecule has 1 nitrogen and oxygen atoms in total. The van der Waals surface area contributed by atoms with E-state index in [9.17, 15) is 0 Å². The molecule has 34 valence electrons. The molecule has 0 saturated heterocycles. The van der Waals surface area contributed by atoms with Crippen LogP contribution in [0.1, 0.15) is 13.8 Å². The van der Waals surface area contributed by atoms with E-state index < -0.39 is 0 Å². The van der Waals surface area contributed by atoms with Crippen molar-refractivity contribution in [1.82, 2.24) is 0 Å². The van der Waals surface area contributed by atoms with Crippen molar-refractivity contribution in [2.45, 2.75) is 19.4 Å². The maximum atomic E-state index is 5.52. The molecule has 0 heterocycles. The van der Waals surface area contributed by atoms with Crippen molar-refractivity contribution in [2.24, 2.45) is 5.73 Å². The van der Waals surface area contributed by atoms with Crippen molar-refractivity contribution in [3.8, 4) is 0 Å². The van der Waals surface area contributed by atoms with Crippen LogP contribution in [0.15, 0.2) is 11.6 Å². The molecular weight excluding hydrogens is 74.1 g/mol. The van der Waals surface area contributed by atoms with Crippen molar-refractivity contribution in [2.75, 3.05) is 0 Å². The summed E-state index contributed by atoms with van der Waals surface area (Å²) in [7, 11) is 0. The normalized spacial score (nSPS) is 42.2. The summed E-state index contributed by atoms with van der Waals surface area (Å²) in [6.45, 7) is 4.04. The van der Waals surface area contributed by atoms with Gasteiger partial charge in [-0.1, -0.05) is 11.6 Å². The van der Waals surface area contributed by atoms with Crippen LogP contribution < -0.4 is 5.73 Å². The molecule has 1 atom stereocenters. The smallest absolute Gasteiger partial charge is 0.0527 e. The molecule has 0 saturated carbocycles. The molecule has 1 aliphatic carbocycles. The first kappa shape index (κ1) is 3.88. The van der Waals surface area contributed by atoms with Crippen LogP contribution in [0.4, 0.5) is 0 Å². The predicted octanol–water partition coefficient (Wildman–Crippen LogP) is 0.664. The Kier molecular flexibility index (Phi) is 0.442. The van der Waals surface area contributed by atoms with Crippen LogP contribution in [0.5, 0.6) is 0 Å². The Balaban J connectivity index is 2.53. The minimum absolute atomic E-state index is 0.